The summed E-state index contributed by atoms with van der Waals surface area (Å²) in [5, 5.41) is 0.950. The van der Waals surface area contributed by atoms with Crippen LogP contribution in [0.1, 0.15) is 10.4 Å². The van der Waals surface area contributed by atoms with E-state index in [2.05, 4.69) is 15.9 Å². The standard InChI is InChI=1S/C8H5BrCl2O/c9-6(4-12)5-1-2-7(10)8(11)3-5/h1-4,6H/t6-/m1/s1. The summed E-state index contributed by atoms with van der Waals surface area (Å²) in [6, 6.07) is 5.08. The lowest BCUT2D eigenvalue weighted by Crippen LogP contribution is -1.89. The van der Waals surface area contributed by atoms with Crippen LogP contribution >= 0.6 is 39.1 Å². The molecule has 0 unspecified atom stereocenters. The number of hydrogen-bond donors (Lipinski definition) is 0. The first-order chi connectivity index (χ1) is 5.65. The van der Waals surface area contributed by atoms with Gasteiger partial charge in [-0.1, -0.05) is 45.2 Å². The van der Waals surface area contributed by atoms with E-state index in [1.54, 1.807) is 18.2 Å². The second kappa shape index (κ2) is 4.26. The van der Waals surface area contributed by atoms with Gasteiger partial charge in [0.2, 0.25) is 0 Å². The summed E-state index contributed by atoms with van der Waals surface area (Å²) >= 11 is 14.6. The lowest BCUT2D eigenvalue weighted by molar-refractivity contribution is -0.107. The van der Waals surface area contributed by atoms with Crippen molar-refractivity contribution < 1.29 is 4.79 Å². The van der Waals surface area contributed by atoms with Crippen molar-refractivity contribution in [1.82, 2.24) is 0 Å². The molecule has 0 saturated carbocycles. The largest absolute Gasteiger partial charge is 0.302 e. The molecule has 0 spiro atoms. The number of carbonyl (C=O) groups is 1. The maximum Gasteiger partial charge on any atom is 0.138 e. The van der Waals surface area contributed by atoms with Crippen LogP contribution < -0.4 is 0 Å². The van der Waals surface area contributed by atoms with Gasteiger partial charge in [-0.05, 0) is 17.7 Å². The molecule has 0 radical (unpaired) electrons. The smallest absolute Gasteiger partial charge is 0.138 e. The highest BCUT2D eigenvalue weighted by Crippen LogP contribution is 2.28. The van der Waals surface area contributed by atoms with Gasteiger partial charge in [0.25, 0.3) is 0 Å². The Morgan fingerprint density at radius 3 is 2.50 bits per heavy atom. The molecule has 0 bridgehead atoms. The predicted molar refractivity (Wildman–Crippen MR) is 54.2 cm³/mol. The van der Waals surface area contributed by atoms with Gasteiger partial charge in [-0.3, -0.25) is 0 Å². The molecule has 0 aliphatic rings. The van der Waals surface area contributed by atoms with Crippen LogP contribution in [0, 0.1) is 0 Å². The highest BCUT2D eigenvalue weighted by atomic mass is 79.9. The van der Waals surface area contributed by atoms with Crippen LogP contribution in [0.2, 0.25) is 10.0 Å². The first kappa shape index (κ1) is 10.0. The number of halogens is 3. The van der Waals surface area contributed by atoms with Crippen molar-refractivity contribution in [3.63, 3.8) is 0 Å². The molecule has 0 amide bonds. The Balaban J connectivity index is 3.04. The molecule has 12 heavy (non-hydrogen) atoms. The molecule has 0 heterocycles. The quantitative estimate of drug-likeness (QED) is 0.591. The SMILES string of the molecule is O=C[C@@H](Br)c1ccc(Cl)c(Cl)c1. The third-order valence-corrected chi connectivity index (χ3v) is 2.87. The lowest BCUT2D eigenvalue weighted by Gasteiger charge is -2.03. The Hall–Kier alpha value is -0.0500. The molecule has 1 rings (SSSR count). The number of benzene rings is 1. The Kier molecular flexibility index (Phi) is 3.56. The molecule has 0 aromatic heterocycles. The van der Waals surface area contributed by atoms with Crippen molar-refractivity contribution in [2.24, 2.45) is 0 Å². The fraction of sp³-hybridized carbons (Fsp3) is 0.125. The van der Waals surface area contributed by atoms with Gasteiger partial charge in [0.05, 0.1) is 14.9 Å². The number of hydrogen-bond acceptors (Lipinski definition) is 1. The fourth-order valence-electron chi connectivity index (χ4n) is 0.762. The van der Waals surface area contributed by atoms with E-state index in [0.29, 0.717) is 10.0 Å². The second-order valence-corrected chi connectivity index (χ2v) is 4.01. The normalized spacial score (nSPS) is 12.6. The van der Waals surface area contributed by atoms with Crippen molar-refractivity contribution in [2.75, 3.05) is 0 Å². The molecule has 1 nitrogen and oxygen atoms in total. The number of aldehydes is 1. The van der Waals surface area contributed by atoms with Crippen LogP contribution in [0.15, 0.2) is 18.2 Å². The van der Waals surface area contributed by atoms with Crippen molar-refractivity contribution in [1.29, 1.82) is 0 Å². The third-order valence-electron chi connectivity index (χ3n) is 1.38. The number of alkyl halides is 1. The Morgan fingerprint density at radius 1 is 1.33 bits per heavy atom. The topological polar surface area (TPSA) is 17.1 Å². The number of carbonyl (C=O) groups excluding carboxylic acids is 1. The van der Waals surface area contributed by atoms with Gasteiger partial charge in [-0.25, -0.2) is 0 Å². The second-order valence-electron chi connectivity index (χ2n) is 2.21. The van der Waals surface area contributed by atoms with Crippen LogP contribution in [-0.4, -0.2) is 6.29 Å². The summed E-state index contributed by atoms with van der Waals surface area (Å²) in [4.78, 5) is 10.1. The van der Waals surface area contributed by atoms with E-state index in [1.165, 1.54) is 0 Å². The van der Waals surface area contributed by atoms with Gasteiger partial charge in [0.1, 0.15) is 6.29 Å². The molecule has 1 atom stereocenters. The molecular formula is C8H5BrCl2O. The minimum absolute atomic E-state index is 0.313. The van der Waals surface area contributed by atoms with E-state index in [1.807, 2.05) is 0 Å². The molecule has 0 fully saturated rings. The zero-order valence-electron chi connectivity index (χ0n) is 5.93. The fourth-order valence-corrected chi connectivity index (χ4v) is 1.35. The summed E-state index contributed by atoms with van der Waals surface area (Å²) in [6.07, 6.45) is 0.791. The molecule has 0 N–H and O–H groups in total. The molecular weight excluding hydrogens is 263 g/mol. The zero-order valence-corrected chi connectivity index (χ0v) is 9.03. The van der Waals surface area contributed by atoms with Gasteiger partial charge in [-0.15, -0.1) is 0 Å². The molecule has 0 aliphatic heterocycles. The van der Waals surface area contributed by atoms with Crippen LogP contribution in [0.25, 0.3) is 0 Å². The minimum Gasteiger partial charge on any atom is -0.302 e. The minimum atomic E-state index is -0.313. The van der Waals surface area contributed by atoms with E-state index in [4.69, 9.17) is 23.2 Å². The van der Waals surface area contributed by atoms with E-state index in [9.17, 15) is 4.79 Å². The Bertz CT molecular complexity index is 301. The third kappa shape index (κ3) is 2.22. The molecule has 1 aromatic carbocycles. The summed E-state index contributed by atoms with van der Waals surface area (Å²) in [5.74, 6) is 0. The Labute approximate surface area is 88.8 Å². The van der Waals surface area contributed by atoms with Crippen molar-refractivity contribution in [2.45, 2.75) is 4.83 Å². The average Bonchev–Trinajstić information content (AvgIpc) is 2.08. The lowest BCUT2D eigenvalue weighted by atomic mass is 10.2. The summed E-state index contributed by atoms with van der Waals surface area (Å²) in [7, 11) is 0. The first-order valence-electron chi connectivity index (χ1n) is 3.19. The van der Waals surface area contributed by atoms with Crippen LogP contribution in [0.3, 0.4) is 0 Å². The monoisotopic (exact) mass is 266 g/mol. The van der Waals surface area contributed by atoms with Gasteiger partial charge in [-0.2, -0.15) is 0 Å². The molecule has 1 aromatic rings. The van der Waals surface area contributed by atoms with Gasteiger partial charge < -0.3 is 4.79 Å². The van der Waals surface area contributed by atoms with Gasteiger partial charge in [0, 0.05) is 0 Å². The van der Waals surface area contributed by atoms with E-state index in [0.717, 1.165) is 11.8 Å². The van der Waals surface area contributed by atoms with E-state index >= 15 is 0 Å². The number of rotatable bonds is 2. The highest BCUT2D eigenvalue weighted by Gasteiger charge is 2.06. The van der Waals surface area contributed by atoms with Crippen molar-refractivity contribution in [3.05, 3.63) is 33.8 Å². The van der Waals surface area contributed by atoms with E-state index in [-0.39, 0.29) is 4.83 Å². The van der Waals surface area contributed by atoms with Crippen molar-refractivity contribution >= 4 is 45.4 Å². The van der Waals surface area contributed by atoms with Crippen molar-refractivity contribution in [3.8, 4) is 0 Å². The van der Waals surface area contributed by atoms with Gasteiger partial charge >= 0.3 is 0 Å². The Morgan fingerprint density at radius 2 is 2.00 bits per heavy atom. The van der Waals surface area contributed by atoms with Crippen LogP contribution in [0.4, 0.5) is 0 Å². The maximum atomic E-state index is 10.4. The molecule has 0 aliphatic carbocycles. The van der Waals surface area contributed by atoms with E-state index < -0.39 is 0 Å². The first-order valence-corrected chi connectivity index (χ1v) is 4.86. The average molecular weight is 268 g/mol. The van der Waals surface area contributed by atoms with Crippen LogP contribution in [-0.2, 0) is 4.79 Å². The summed E-state index contributed by atoms with van der Waals surface area (Å²) in [6.45, 7) is 0. The zero-order chi connectivity index (χ0) is 9.14. The maximum absolute atomic E-state index is 10.4. The summed E-state index contributed by atoms with van der Waals surface area (Å²) < 4.78 is 0. The molecule has 64 valence electrons. The van der Waals surface area contributed by atoms with Gasteiger partial charge in [0.15, 0.2) is 0 Å². The molecule has 4 heteroatoms. The van der Waals surface area contributed by atoms with Crippen LogP contribution in [0.5, 0.6) is 0 Å². The summed E-state index contributed by atoms with van der Waals surface area (Å²) in [5.41, 5.74) is 0.805. The predicted octanol–water partition coefficient (Wildman–Crippen LogP) is 3.63. The highest BCUT2D eigenvalue weighted by molar-refractivity contribution is 9.09. The molecule has 0 saturated heterocycles.